The topological polar surface area (TPSA) is 71.0 Å². The van der Waals surface area contributed by atoms with E-state index in [4.69, 9.17) is 0 Å². The number of carbonyl (C=O) groups excluding carboxylic acids is 1. The van der Waals surface area contributed by atoms with E-state index < -0.39 is 0 Å². The summed E-state index contributed by atoms with van der Waals surface area (Å²) in [6.07, 6.45) is 5.34. The Balaban J connectivity index is 1.25. The van der Waals surface area contributed by atoms with E-state index in [-0.39, 0.29) is 18.0 Å². The predicted octanol–water partition coefficient (Wildman–Crippen LogP) is 2.14. The Morgan fingerprint density at radius 2 is 1.81 bits per heavy atom. The molecule has 0 spiro atoms. The maximum atomic E-state index is 12.4. The van der Waals surface area contributed by atoms with Gasteiger partial charge < -0.3 is 5.32 Å². The standard InChI is InChI=1S/C21H23N5O/c27-21(20-13-19(24-25-20)17-7-3-1-4-8-17)22-12-11-16-14-23-26(15-16)18-9-5-2-6-10-18/h1-10,14-15,19-20,24-25H,11-13H2,(H,22,27). The van der Waals surface area contributed by atoms with Crippen molar-refractivity contribution in [1.82, 2.24) is 25.9 Å². The van der Waals surface area contributed by atoms with Gasteiger partial charge >= 0.3 is 0 Å². The fourth-order valence-corrected chi connectivity index (χ4v) is 3.30. The molecular weight excluding hydrogens is 338 g/mol. The van der Waals surface area contributed by atoms with Gasteiger partial charge in [0.05, 0.1) is 11.9 Å². The molecule has 27 heavy (non-hydrogen) atoms. The van der Waals surface area contributed by atoms with Crippen LogP contribution in [0.1, 0.15) is 23.6 Å². The van der Waals surface area contributed by atoms with E-state index in [1.165, 1.54) is 5.56 Å². The summed E-state index contributed by atoms with van der Waals surface area (Å²) >= 11 is 0. The Kier molecular flexibility index (Phi) is 5.27. The van der Waals surface area contributed by atoms with Crippen molar-refractivity contribution in [3.8, 4) is 5.69 Å². The van der Waals surface area contributed by atoms with Gasteiger partial charge in [-0.05, 0) is 36.1 Å². The molecule has 3 N–H and O–H groups in total. The van der Waals surface area contributed by atoms with Crippen LogP contribution in [0.3, 0.4) is 0 Å². The third-order valence-corrected chi connectivity index (χ3v) is 4.79. The van der Waals surface area contributed by atoms with Gasteiger partial charge in [-0.25, -0.2) is 15.5 Å². The van der Waals surface area contributed by atoms with Crippen LogP contribution >= 0.6 is 0 Å². The van der Waals surface area contributed by atoms with E-state index in [2.05, 4.69) is 33.4 Å². The van der Waals surface area contributed by atoms with Gasteiger partial charge in [0.15, 0.2) is 0 Å². The molecule has 0 aliphatic carbocycles. The minimum Gasteiger partial charge on any atom is -0.354 e. The molecule has 1 aliphatic rings. The van der Waals surface area contributed by atoms with Crippen LogP contribution < -0.4 is 16.2 Å². The van der Waals surface area contributed by atoms with E-state index in [1.54, 1.807) is 0 Å². The zero-order valence-electron chi connectivity index (χ0n) is 15.0. The smallest absolute Gasteiger partial charge is 0.238 e. The number of benzene rings is 2. The maximum Gasteiger partial charge on any atom is 0.238 e. The van der Waals surface area contributed by atoms with Crippen LogP contribution in [0.4, 0.5) is 0 Å². The molecule has 1 fully saturated rings. The molecule has 3 aromatic rings. The molecule has 6 nitrogen and oxygen atoms in total. The molecule has 2 atom stereocenters. The first-order chi connectivity index (χ1) is 13.3. The largest absolute Gasteiger partial charge is 0.354 e. The van der Waals surface area contributed by atoms with Crippen molar-refractivity contribution in [2.45, 2.75) is 24.9 Å². The van der Waals surface area contributed by atoms with Crippen molar-refractivity contribution < 1.29 is 4.79 Å². The number of amides is 1. The highest BCUT2D eigenvalue weighted by atomic mass is 16.2. The summed E-state index contributed by atoms with van der Waals surface area (Å²) in [6, 6.07) is 20.1. The molecule has 4 rings (SSSR count). The summed E-state index contributed by atoms with van der Waals surface area (Å²) in [5.74, 6) is 0.0244. The summed E-state index contributed by atoms with van der Waals surface area (Å²) < 4.78 is 1.85. The van der Waals surface area contributed by atoms with E-state index in [9.17, 15) is 4.79 Å². The van der Waals surface area contributed by atoms with Crippen LogP contribution in [0, 0.1) is 0 Å². The van der Waals surface area contributed by atoms with Crippen LogP contribution in [-0.2, 0) is 11.2 Å². The molecule has 2 aromatic carbocycles. The number of hydrazine groups is 1. The van der Waals surface area contributed by atoms with Gasteiger partial charge in [-0.3, -0.25) is 4.79 Å². The van der Waals surface area contributed by atoms with Crippen LogP contribution in [0.25, 0.3) is 5.69 Å². The molecule has 0 bridgehead atoms. The summed E-state index contributed by atoms with van der Waals surface area (Å²) in [4.78, 5) is 12.4. The second kappa shape index (κ2) is 8.16. The monoisotopic (exact) mass is 361 g/mol. The number of rotatable bonds is 6. The first-order valence-corrected chi connectivity index (χ1v) is 9.22. The van der Waals surface area contributed by atoms with Gasteiger partial charge in [-0.15, -0.1) is 0 Å². The highest BCUT2D eigenvalue weighted by Gasteiger charge is 2.29. The van der Waals surface area contributed by atoms with Crippen LogP contribution in [0.15, 0.2) is 73.1 Å². The van der Waals surface area contributed by atoms with Crippen molar-refractivity contribution in [1.29, 1.82) is 0 Å². The molecule has 2 heterocycles. The zero-order chi connectivity index (χ0) is 18.5. The summed E-state index contributed by atoms with van der Waals surface area (Å²) in [5, 5.41) is 7.40. The Bertz CT molecular complexity index is 878. The van der Waals surface area contributed by atoms with E-state index >= 15 is 0 Å². The van der Waals surface area contributed by atoms with Gasteiger partial charge in [0.1, 0.15) is 6.04 Å². The van der Waals surface area contributed by atoms with Gasteiger partial charge in [-0.2, -0.15) is 5.10 Å². The van der Waals surface area contributed by atoms with Crippen molar-refractivity contribution in [3.05, 3.63) is 84.2 Å². The molecule has 6 heteroatoms. The van der Waals surface area contributed by atoms with Crippen molar-refractivity contribution in [2.24, 2.45) is 0 Å². The third-order valence-electron chi connectivity index (χ3n) is 4.79. The van der Waals surface area contributed by atoms with Gasteiger partial charge in [-0.1, -0.05) is 48.5 Å². The second-order valence-electron chi connectivity index (χ2n) is 6.71. The van der Waals surface area contributed by atoms with Crippen molar-refractivity contribution in [2.75, 3.05) is 6.54 Å². The van der Waals surface area contributed by atoms with Crippen LogP contribution in [0.2, 0.25) is 0 Å². The van der Waals surface area contributed by atoms with Crippen molar-refractivity contribution in [3.63, 3.8) is 0 Å². The van der Waals surface area contributed by atoms with Crippen LogP contribution in [-0.4, -0.2) is 28.3 Å². The fraction of sp³-hybridized carbons (Fsp3) is 0.238. The normalized spacial score (nSPS) is 19.1. The third kappa shape index (κ3) is 4.24. The minimum atomic E-state index is -0.220. The number of hydrogen-bond acceptors (Lipinski definition) is 4. The average Bonchev–Trinajstić information content (AvgIpc) is 3.39. The van der Waals surface area contributed by atoms with E-state index in [0.29, 0.717) is 6.54 Å². The molecule has 1 amide bonds. The van der Waals surface area contributed by atoms with E-state index in [0.717, 1.165) is 24.1 Å². The number of hydrogen-bond donors (Lipinski definition) is 3. The van der Waals surface area contributed by atoms with E-state index in [1.807, 2.05) is 65.6 Å². The molecule has 1 saturated heterocycles. The molecular formula is C21H23N5O. The summed E-state index contributed by atoms with van der Waals surface area (Å²) in [7, 11) is 0. The fourth-order valence-electron chi connectivity index (χ4n) is 3.30. The van der Waals surface area contributed by atoms with Crippen molar-refractivity contribution >= 4 is 5.91 Å². The number of para-hydroxylation sites is 1. The highest BCUT2D eigenvalue weighted by molar-refractivity contribution is 5.82. The molecule has 2 unspecified atom stereocenters. The Hall–Kier alpha value is -2.96. The molecule has 1 aromatic heterocycles. The van der Waals surface area contributed by atoms with Crippen LogP contribution in [0.5, 0.6) is 0 Å². The quantitative estimate of drug-likeness (QED) is 0.629. The molecule has 0 radical (unpaired) electrons. The Morgan fingerprint density at radius 3 is 2.59 bits per heavy atom. The lowest BCUT2D eigenvalue weighted by Crippen LogP contribution is -2.43. The maximum absolute atomic E-state index is 12.4. The van der Waals surface area contributed by atoms with Gasteiger partial charge in [0.2, 0.25) is 5.91 Å². The Labute approximate surface area is 158 Å². The lowest BCUT2D eigenvalue weighted by molar-refractivity contribution is -0.122. The summed E-state index contributed by atoms with van der Waals surface area (Å²) in [6.45, 7) is 0.591. The predicted molar refractivity (Wildman–Crippen MR) is 104 cm³/mol. The number of aromatic nitrogens is 2. The first-order valence-electron chi connectivity index (χ1n) is 9.22. The lowest BCUT2D eigenvalue weighted by Gasteiger charge is -2.10. The Morgan fingerprint density at radius 1 is 1.07 bits per heavy atom. The average molecular weight is 361 g/mol. The van der Waals surface area contributed by atoms with Gasteiger partial charge in [0.25, 0.3) is 0 Å². The second-order valence-corrected chi connectivity index (χ2v) is 6.71. The van der Waals surface area contributed by atoms with Gasteiger partial charge in [0, 0.05) is 18.8 Å². The minimum absolute atomic E-state index is 0.0244. The molecule has 1 aliphatic heterocycles. The number of nitrogens with zero attached hydrogens (tertiary/aromatic N) is 2. The zero-order valence-corrected chi connectivity index (χ0v) is 15.0. The molecule has 138 valence electrons. The number of nitrogens with one attached hydrogen (secondary N) is 3. The molecule has 0 saturated carbocycles. The number of carbonyl (C=O) groups is 1. The highest BCUT2D eigenvalue weighted by Crippen LogP contribution is 2.21. The first kappa shape index (κ1) is 17.5. The SMILES string of the molecule is O=C(NCCc1cnn(-c2ccccc2)c1)C1CC(c2ccccc2)NN1. The summed E-state index contributed by atoms with van der Waals surface area (Å²) in [5.41, 5.74) is 9.62. The lowest BCUT2D eigenvalue weighted by atomic mass is 10.0.